The maximum atomic E-state index is 12.5. The van der Waals surface area contributed by atoms with Crippen LogP contribution in [0.3, 0.4) is 0 Å². The molecule has 2 N–H and O–H groups in total. The van der Waals surface area contributed by atoms with E-state index in [-0.39, 0.29) is 11.6 Å². The summed E-state index contributed by atoms with van der Waals surface area (Å²) in [6, 6.07) is 12.6. The van der Waals surface area contributed by atoms with E-state index in [2.05, 4.69) is 20.6 Å². The molecule has 3 aromatic rings. The molecule has 0 unspecified atom stereocenters. The number of anilines is 3. The topological polar surface area (TPSA) is 76.1 Å². The van der Waals surface area contributed by atoms with Crippen LogP contribution in [0.25, 0.3) is 0 Å². The predicted molar refractivity (Wildman–Crippen MR) is 107 cm³/mol. The molecule has 0 bridgehead atoms. The molecule has 7 heteroatoms. The van der Waals surface area contributed by atoms with Crippen LogP contribution in [0.4, 0.5) is 17.3 Å². The van der Waals surface area contributed by atoms with Crippen LogP contribution in [0, 0.1) is 13.8 Å². The molecule has 1 aromatic heterocycles. The molecule has 138 valence electrons. The summed E-state index contributed by atoms with van der Waals surface area (Å²) < 4.78 is 5.13. The second-order valence-electron chi connectivity index (χ2n) is 6.07. The molecule has 0 aliphatic heterocycles. The molecular weight excluding hydrogens is 364 g/mol. The Morgan fingerprint density at radius 1 is 1.04 bits per heavy atom. The molecule has 0 spiro atoms. The number of carbonyl (C=O) groups excluding carboxylic acids is 1. The maximum Gasteiger partial charge on any atom is 0.274 e. The van der Waals surface area contributed by atoms with Gasteiger partial charge in [0.15, 0.2) is 0 Å². The fraction of sp³-hybridized carbons (Fsp3) is 0.150. The van der Waals surface area contributed by atoms with Crippen LogP contribution >= 0.6 is 11.6 Å². The number of hydrogen-bond donors (Lipinski definition) is 2. The van der Waals surface area contributed by atoms with E-state index in [4.69, 9.17) is 16.3 Å². The number of amides is 1. The Balaban J connectivity index is 1.76. The average Bonchev–Trinajstić information content (AvgIpc) is 2.61. The number of hydrogen-bond acceptors (Lipinski definition) is 5. The summed E-state index contributed by atoms with van der Waals surface area (Å²) in [5, 5.41) is 6.36. The minimum absolute atomic E-state index is 0.256. The monoisotopic (exact) mass is 382 g/mol. The van der Waals surface area contributed by atoms with E-state index in [1.807, 2.05) is 32.0 Å². The average molecular weight is 383 g/mol. The molecule has 1 heterocycles. The van der Waals surface area contributed by atoms with Gasteiger partial charge < -0.3 is 15.4 Å². The van der Waals surface area contributed by atoms with Gasteiger partial charge in [-0.25, -0.2) is 9.97 Å². The van der Waals surface area contributed by atoms with Crippen LogP contribution in [0.2, 0.25) is 5.02 Å². The Morgan fingerprint density at radius 3 is 2.44 bits per heavy atom. The van der Waals surface area contributed by atoms with Crippen LogP contribution in [0.1, 0.15) is 21.6 Å². The van der Waals surface area contributed by atoms with Gasteiger partial charge in [-0.15, -0.1) is 0 Å². The van der Waals surface area contributed by atoms with Gasteiger partial charge in [0.1, 0.15) is 11.4 Å². The molecule has 0 aliphatic carbocycles. The number of methoxy groups -OCH3 is 1. The van der Waals surface area contributed by atoms with Crippen molar-refractivity contribution in [3.8, 4) is 5.75 Å². The summed E-state index contributed by atoms with van der Waals surface area (Å²) in [6.07, 6.45) is 1.52. The zero-order valence-electron chi connectivity index (χ0n) is 15.2. The number of rotatable bonds is 5. The fourth-order valence-corrected chi connectivity index (χ4v) is 2.92. The van der Waals surface area contributed by atoms with Gasteiger partial charge in [0, 0.05) is 17.6 Å². The molecule has 0 atom stereocenters. The Morgan fingerprint density at radius 2 is 1.78 bits per heavy atom. The van der Waals surface area contributed by atoms with Crippen LogP contribution in [-0.4, -0.2) is 23.0 Å². The number of aromatic nitrogens is 2. The number of benzene rings is 2. The van der Waals surface area contributed by atoms with Gasteiger partial charge in [-0.3, -0.25) is 4.79 Å². The lowest BCUT2D eigenvalue weighted by molar-refractivity contribution is 0.102. The molecule has 0 fully saturated rings. The second-order valence-corrected chi connectivity index (χ2v) is 6.48. The van der Waals surface area contributed by atoms with Crippen LogP contribution in [-0.2, 0) is 0 Å². The van der Waals surface area contributed by atoms with Crippen molar-refractivity contribution in [3.63, 3.8) is 0 Å². The standard InChI is InChI=1S/C20H19ClN4O2/c1-12-8-13(2)10-15(9-12)23-19(26)17-6-7-22-20(25-17)24-14-4-5-18(27-3)16(21)11-14/h4-11H,1-3H3,(H,23,26)(H,22,24,25). The lowest BCUT2D eigenvalue weighted by Gasteiger charge is -2.10. The summed E-state index contributed by atoms with van der Waals surface area (Å²) in [5.74, 6) is 0.562. The van der Waals surface area contributed by atoms with Crippen LogP contribution in [0.15, 0.2) is 48.7 Å². The smallest absolute Gasteiger partial charge is 0.274 e. The van der Waals surface area contributed by atoms with E-state index >= 15 is 0 Å². The highest BCUT2D eigenvalue weighted by atomic mass is 35.5. The minimum atomic E-state index is -0.307. The van der Waals surface area contributed by atoms with Crippen molar-refractivity contribution >= 4 is 34.8 Å². The van der Waals surface area contributed by atoms with E-state index in [1.165, 1.54) is 6.20 Å². The lowest BCUT2D eigenvalue weighted by atomic mass is 10.1. The third kappa shape index (κ3) is 4.74. The summed E-state index contributed by atoms with van der Waals surface area (Å²) in [7, 11) is 1.55. The van der Waals surface area contributed by atoms with Gasteiger partial charge in [-0.2, -0.15) is 0 Å². The zero-order valence-corrected chi connectivity index (χ0v) is 16.0. The molecule has 6 nitrogen and oxygen atoms in total. The summed E-state index contributed by atoms with van der Waals surface area (Å²) in [6.45, 7) is 3.96. The first-order valence-electron chi connectivity index (χ1n) is 8.28. The number of nitrogens with one attached hydrogen (secondary N) is 2. The number of nitrogens with zero attached hydrogens (tertiary/aromatic N) is 2. The second kappa shape index (κ2) is 8.05. The van der Waals surface area contributed by atoms with Crippen LogP contribution in [0.5, 0.6) is 5.75 Å². The highest BCUT2D eigenvalue weighted by molar-refractivity contribution is 6.32. The normalized spacial score (nSPS) is 10.4. The van der Waals surface area contributed by atoms with E-state index < -0.39 is 0 Å². The molecule has 3 rings (SSSR count). The van der Waals surface area contributed by atoms with Crippen molar-refractivity contribution in [2.75, 3.05) is 17.7 Å². The third-order valence-electron chi connectivity index (χ3n) is 3.78. The Kier molecular flexibility index (Phi) is 5.57. The fourth-order valence-electron chi connectivity index (χ4n) is 2.66. The SMILES string of the molecule is COc1ccc(Nc2nccc(C(=O)Nc3cc(C)cc(C)c3)n2)cc1Cl. The molecule has 0 saturated carbocycles. The molecule has 0 aliphatic rings. The first-order chi connectivity index (χ1) is 12.9. The summed E-state index contributed by atoms with van der Waals surface area (Å²) in [4.78, 5) is 20.9. The van der Waals surface area contributed by atoms with Crippen molar-refractivity contribution in [3.05, 3.63) is 70.5 Å². The number of aryl methyl sites for hydroxylation is 2. The van der Waals surface area contributed by atoms with Crippen molar-refractivity contribution in [1.82, 2.24) is 9.97 Å². The van der Waals surface area contributed by atoms with Crippen molar-refractivity contribution < 1.29 is 9.53 Å². The highest BCUT2D eigenvalue weighted by Crippen LogP contribution is 2.28. The van der Waals surface area contributed by atoms with Gasteiger partial charge in [-0.1, -0.05) is 17.7 Å². The molecule has 0 radical (unpaired) electrons. The van der Waals surface area contributed by atoms with Gasteiger partial charge >= 0.3 is 0 Å². The Bertz CT molecular complexity index is 971. The Labute approximate surface area is 162 Å². The molecule has 0 saturated heterocycles. The summed E-state index contributed by atoms with van der Waals surface area (Å²) in [5.41, 5.74) is 3.82. The van der Waals surface area contributed by atoms with Gasteiger partial charge in [0.2, 0.25) is 5.95 Å². The van der Waals surface area contributed by atoms with Crippen LogP contribution < -0.4 is 15.4 Å². The molecule has 27 heavy (non-hydrogen) atoms. The number of carbonyl (C=O) groups is 1. The van der Waals surface area contributed by atoms with Crippen molar-refractivity contribution in [2.45, 2.75) is 13.8 Å². The van der Waals surface area contributed by atoms with Crippen molar-refractivity contribution in [2.24, 2.45) is 0 Å². The first kappa shape index (κ1) is 18.7. The Hall–Kier alpha value is -3.12. The molecular formula is C20H19ClN4O2. The van der Waals surface area contributed by atoms with E-state index in [0.29, 0.717) is 22.4 Å². The lowest BCUT2D eigenvalue weighted by Crippen LogP contribution is -2.15. The quantitative estimate of drug-likeness (QED) is 0.665. The van der Waals surface area contributed by atoms with E-state index in [0.717, 1.165) is 16.8 Å². The van der Waals surface area contributed by atoms with E-state index in [1.54, 1.807) is 31.4 Å². The predicted octanol–water partition coefficient (Wildman–Crippen LogP) is 4.75. The largest absolute Gasteiger partial charge is 0.495 e. The molecule has 1 amide bonds. The first-order valence-corrected chi connectivity index (χ1v) is 8.65. The highest BCUT2D eigenvalue weighted by Gasteiger charge is 2.11. The number of halogens is 1. The van der Waals surface area contributed by atoms with Gasteiger partial charge in [-0.05, 0) is 61.4 Å². The van der Waals surface area contributed by atoms with Gasteiger partial charge in [0.25, 0.3) is 5.91 Å². The zero-order chi connectivity index (χ0) is 19.4. The van der Waals surface area contributed by atoms with Crippen molar-refractivity contribution in [1.29, 1.82) is 0 Å². The van der Waals surface area contributed by atoms with E-state index in [9.17, 15) is 4.79 Å². The molecule has 2 aromatic carbocycles. The maximum absolute atomic E-state index is 12.5. The minimum Gasteiger partial charge on any atom is -0.495 e. The number of ether oxygens (including phenoxy) is 1. The summed E-state index contributed by atoms with van der Waals surface area (Å²) >= 11 is 6.12. The van der Waals surface area contributed by atoms with Gasteiger partial charge in [0.05, 0.1) is 12.1 Å². The third-order valence-corrected chi connectivity index (χ3v) is 4.07.